The number of hydrogen-bond donors (Lipinski definition) is 2. The topological polar surface area (TPSA) is 106 Å². The standard InChI is InChI=1S/C25H25N3O5S2/c1-33-15-7-14-26-24(29)20-10-5-6-11-21(20)27-35(31,32)19-12-13-22-23(16-19)34-25(30)28(22)17-18-8-3-2-4-9-18/h2-6,8-13,16,27H,7,14-15,17H2,1H3,(H,26,29). The number of aromatic nitrogens is 1. The molecule has 1 amide bonds. The normalized spacial score (nSPS) is 11.5. The number of anilines is 1. The molecule has 0 aliphatic carbocycles. The first kappa shape index (κ1) is 24.6. The molecule has 0 bridgehead atoms. The van der Waals surface area contributed by atoms with Crippen LogP contribution in [0.3, 0.4) is 0 Å². The van der Waals surface area contributed by atoms with Crippen molar-refractivity contribution in [2.45, 2.75) is 17.9 Å². The van der Waals surface area contributed by atoms with E-state index in [2.05, 4.69) is 10.0 Å². The van der Waals surface area contributed by atoms with Gasteiger partial charge in [0.15, 0.2) is 0 Å². The van der Waals surface area contributed by atoms with Crippen LogP contribution in [0.5, 0.6) is 0 Å². The van der Waals surface area contributed by atoms with Crippen molar-refractivity contribution in [1.82, 2.24) is 9.88 Å². The molecule has 35 heavy (non-hydrogen) atoms. The highest BCUT2D eigenvalue weighted by Gasteiger charge is 2.20. The summed E-state index contributed by atoms with van der Waals surface area (Å²) in [5.74, 6) is -0.383. The second-order valence-corrected chi connectivity index (χ2v) is 10.5. The van der Waals surface area contributed by atoms with E-state index in [1.165, 1.54) is 18.2 Å². The van der Waals surface area contributed by atoms with Gasteiger partial charge in [0.1, 0.15) is 0 Å². The van der Waals surface area contributed by atoms with Gasteiger partial charge in [-0.25, -0.2) is 8.42 Å². The number of rotatable bonds is 10. The van der Waals surface area contributed by atoms with E-state index >= 15 is 0 Å². The van der Waals surface area contributed by atoms with E-state index in [0.29, 0.717) is 36.3 Å². The van der Waals surface area contributed by atoms with Gasteiger partial charge in [-0.2, -0.15) is 0 Å². The summed E-state index contributed by atoms with van der Waals surface area (Å²) in [4.78, 5) is 25.0. The molecule has 1 aromatic heterocycles. The molecule has 4 rings (SSSR count). The summed E-state index contributed by atoms with van der Waals surface area (Å²) in [6.07, 6.45) is 0.642. The maximum absolute atomic E-state index is 13.2. The number of hydrogen-bond acceptors (Lipinski definition) is 6. The van der Waals surface area contributed by atoms with Gasteiger partial charge in [-0.3, -0.25) is 18.9 Å². The summed E-state index contributed by atoms with van der Waals surface area (Å²) in [5.41, 5.74) is 2.03. The first-order chi connectivity index (χ1) is 16.9. The van der Waals surface area contributed by atoms with Crippen LogP contribution in [0.1, 0.15) is 22.3 Å². The highest BCUT2D eigenvalue weighted by atomic mass is 32.2. The predicted molar refractivity (Wildman–Crippen MR) is 138 cm³/mol. The maximum Gasteiger partial charge on any atom is 0.308 e. The van der Waals surface area contributed by atoms with E-state index in [9.17, 15) is 18.0 Å². The Morgan fingerprint density at radius 2 is 1.77 bits per heavy atom. The molecule has 4 aromatic rings. The van der Waals surface area contributed by atoms with Crippen molar-refractivity contribution in [3.8, 4) is 0 Å². The molecule has 0 spiro atoms. The number of ether oxygens (including phenoxy) is 1. The van der Waals surface area contributed by atoms with Crippen LogP contribution in [-0.2, 0) is 21.3 Å². The number of nitrogens with zero attached hydrogens (tertiary/aromatic N) is 1. The number of sulfonamides is 1. The number of thiazole rings is 1. The Morgan fingerprint density at radius 1 is 1.03 bits per heavy atom. The van der Waals surface area contributed by atoms with E-state index < -0.39 is 10.0 Å². The lowest BCUT2D eigenvalue weighted by molar-refractivity contribution is 0.0949. The van der Waals surface area contributed by atoms with Gasteiger partial charge in [-0.05, 0) is 42.3 Å². The minimum Gasteiger partial charge on any atom is -0.385 e. The fraction of sp³-hybridized carbons (Fsp3) is 0.200. The van der Waals surface area contributed by atoms with Crippen molar-refractivity contribution < 1.29 is 17.9 Å². The monoisotopic (exact) mass is 511 g/mol. The van der Waals surface area contributed by atoms with E-state index in [4.69, 9.17) is 4.74 Å². The lowest BCUT2D eigenvalue weighted by Gasteiger charge is -2.13. The van der Waals surface area contributed by atoms with Crippen molar-refractivity contribution in [1.29, 1.82) is 0 Å². The molecular weight excluding hydrogens is 486 g/mol. The lowest BCUT2D eigenvalue weighted by atomic mass is 10.1. The summed E-state index contributed by atoms with van der Waals surface area (Å²) in [7, 11) is -2.42. The second kappa shape index (κ2) is 10.9. The zero-order valence-electron chi connectivity index (χ0n) is 19.1. The third-order valence-corrected chi connectivity index (χ3v) is 7.67. The Bertz CT molecular complexity index is 1490. The molecule has 0 saturated carbocycles. The molecule has 0 unspecified atom stereocenters. The number of carbonyl (C=O) groups excluding carboxylic acids is 1. The molecule has 0 radical (unpaired) electrons. The Morgan fingerprint density at radius 3 is 2.54 bits per heavy atom. The molecule has 0 aliphatic rings. The van der Waals surface area contributed by atoms with Crippen LogP contribution in [0.25, 0.3) is 10.2 Å². The molecule has 3 aromatic carbocycles. The van der Waals surface area contributed by atoms with E-state index in [1.54, 1.807) is 35.9 Å². The quantitative estimate of drug-likeness (QED) is 0.316. The van der Waals surface area contributed by atoms with Crippen molar-refractivity contribution in [3.63, 3.8) is 0 Å². The van der Waals surface area contributed by atoms with E-state index in [1.807, 2.05) is 30.3 Å². The lowest BCUT2D eigenvalue weighted by Crippen LogP contribution is -2.26. The Labute approximate surface area is 207 Å². The number of carbonyl (C=O) groups is 1. The van der Waals surface area contributed by atoms with Gasteiger partial charge in [-0.15, -0.1) is 0 Å². The number of methoxy groups -OCH3 is 1. The smallest absolute Gasteiger partial charge is 0.308 e. The van der Waals surface area contributed by atoms with Gasteiger partial charge in [0.05, 0.1) is 32.9 Å². The molecular formula is C25H25N3O5S2. The molecule has 182 valence electrons. The Balaban J connectivity index is 1.58. The van der Waals surface area contributed by atoms with Crippen molar-refractivity contribution in [2.75, 3.05) is 25.0 Å². The average molecular weight is 512 g/mol. The molecule has 8 nitrogen and oxygen atoms in total. The zero-order valence-corrected chi connectivity index (χ0v) is 20.7. The molecule has 0 fully saturated rings. The number of benzene rings is 3. The Kier molecular flexibility index (Phi) is 7.64. The van der Waals surface area contributed by atoms with Crippen LogP contribution in [0.2, 0.25) is 0 Å². The van der Waals surface area contributed by atoms with Crippen LogP contribution in [0, 0.1) is 0 Å². The second-order valence-electron chi connectivity index (χ2n) is 7.82. The minimum absolute atomic E-state index is 0.00779. The molecule has 0 saturated heterocycles. The van der Waals surface area contributed by atoms with Crippen LogP contribution in [0.4, 0.5) is 5.69 Å². The summed E-state index contributed by atoms with van der Waals surface area (Å²) in [6, 6.07) is 20.6. The summed E-state index contributed by atoms with van der Waals surface area (Å²) in [6.45, 7) is 1.32. The highest BCUT2D eigenvalue weighted by Crippen LogP contribution is 2.25. The van der Waals surface area contributed by atoms with Gasteiger partial charge in [-0.1, -0.05) is 53.8 Å². The summed E-state index contributed by atoms with van der Waals surface area (Å²) < 4.78 is 36.0. The predicted octanol–water partition coefficient (Wildman–Crippen LogP) is 3.68. The van der Waals surface area contributed by atoms with Crippen LogP contribution in [-0.4, -0.2) is 39.2 Å². The molecule has 0 aliphatic heterocycles. The SMILES string of the molecule is COCCCNC(=O)c1ccccc1NS(=O)(=O)c1ccc2c(c1)sc(=O)n2Cc1ccccc1. The third-order valence-electron chi connectivity index (χ3n) is 5.36. The van der Waals surface area contributed by atoms with Crippen molar-refractivity contribution in [3.05, 3.63) is 93.6 Å². The van der Waals surface area contributed by atoms with Crippen molar-refractivity contribution >= 4 is 43.2 Å². The number of amides is 1. The van der Waals surface area contributed by atoms with Gasteiger partial charge < -0.3 is 10.1 Å². The first-order valence-electron chi connectivity index (χ1n) is 11.0. The first-order valence-corrected chi connectivity index (χ1v) is 13.3. The molecule has 2 N–H and O–H groups in total. The van der Waals surface area contributed by atoms with E-state index in [-0.39, 0.29) is 26.9 Å². The number of nitrogens with one attached hydrogen (secondary N) is 2. The van der Waals surface area contributed by atoms with E-state index in [0.717, 1.165) is 16.9 Å². The zero-order chi connectivity index (χ0) is 24.8. The molecule has 10 heteroatoms. The van der Waals surface area contributed by atoms with Crippen LogP contribution < -0.4 is 14.9 Å². The molecule has 0 atom stereocenters. The third kappa shape index (κ3) is 5.79. The fourth-order valence-electron chi connectivity index (χ4n) is 3.62. The summed E-state index contributed by atoms with van der Waals surface area (Å²) >= 11 is 0.996. The van der Waals surface area contributed by atoms with Gasteiger partial charge in [0, 0.05) is 20.3 Å². The van der Waals surface area contributed by atoms with Crippen LogP contribution >= 0.6 is 11.3 Å². The molecule has 1 heterocycles. The fourth-order valence-corrected chi connectivity index (χ4v) is 5.73. The van der Waals surface area contributed by atoms with Crippen LogP contribution in [0.15, 0.2) is 82.5 Å². The minimum atomic E-state index is -4.01. The summed E-state index contributed by atoms with van der Waals surface area (Å²) in [5, 5.41) is 2.76. The Hall–Kier alpha value is -3.47. The van der Waals surface area contributed by atoms with Gasteiger partial charge in [0.25, 0.3) is 15.9 Å². The number of para-hydroxylation sites is 1. The largest absolute Gasteiger partial charge is 0.385 e. The van der Waals surface area contributed by atoms with Gasteiger partial charge in [0.2, 0.25) is 0 Å². The highest BCUT2D eigenvalue weighted by molar-refractivity contribution is 7.92. The maximum atomic E-state index is 13.2. The van der Waals surface area contributed by atoms with Crippen molar-refractivity contribution in [2.24, 2.45) is 0 Å². The average Bonchev–Trinajstić information content (AvgIpc) is 3.16. The van der Waals surface area contributed by atoms with Gasteiger partial charge >= 0.3 is 4.87 Å². The number of fused-ring (bicyclic) bond motifs is 1.